The monoisotopic (exact) mass is 293 g/mol. The molecule has 0 heterocycles. The van der Waals surface area contributed by atoms with Crippen molar-refractivity contribution in [3.63, 3.8) is 0 Å². The van der Waals surface area contributed by atoms with Crippen LogP contribution in [-0.2, 0) is 12.0 Å². The van der Waals surface area contributed by atoms with Crippen LogP contribution in [0.5, 0.6) is 5.75 Å². The predicted octanol–water partition coefficient (Wildman–Crippen LogP) is 3.73. The van der Waals surface area contributed by atoms with Crippen LogP contribution in [-0.4, -0.2) is 6.36 Å². The Bertz CT molecular complexity index is 669. The Morgan fingerprint density at radius 3 is 2.29 bits per heavy atom. The van der Waals surface area contributed by atoms with E-state index >= 15 is 0 Å². The third kappa shape index (κ3) is 2.49. The van der Waals surface area contributed by atoms with Crippen molar-refractivity contribution in [2.45, 2.75) is 24.7 Å². The first-order valence-corrected chi connectivity index (χ1v) is 6.63. The molecule has 1 aliphatic rings. The van der Waals surface area contributed by atoms with Gasteiger partial charge in [-0.15, -0.1) is 13.2 Å². The topological polar surface area (TPSA) is 35.2 Å². The van der Waals surface area contributed by atoms with Gasteiger partial charge in [0, 0.05) is 5.56 Å². The van der Waals surface area contributed by atoms with E-state index in [1.54, 1.807) is 12.1 Å². The van der Waals surface area contributed by atoms with Gasteiger partial charge in [-0.2, -0.15) is 0 Å². The molecule has 0 fully saturated rings. The second kappa shape index (κ2) is 4.77. The number of halogens is 3. The second-order valence-corrected chi connectivity index (χ2v) is 5.17. The zero-order chi connectivity index (χ0) is 15.1. The van der Waals surface area contributed by atoms with E-state index in [2.05, 4.69) is 4.74 Å². The molecule has 0 aliphatic heterocycles. The highest BCUT2D eigenvalue weighted by Crippen LogP contribution is 2.44. The average Bonchev–Trinajstić information content (AvgIpc) is 2.77. The van der Waals surface area contributed by atoms with Crippen molar-refractivity contribution in [3.8, 4) is 5.75 Å². The molecule has 1 aliphatic carbocycles. The van der Waals surface area contributed by atoms with E-state index in [0.29, 0.717) is 12.0 Å². The Labute approximate surface area is 120 Å². The van der Waals surface area contributed by atoms with Crippen molar-refractivity contribution >= 4 is 0 Å². The third-order valence-corrected chi connectivity index (χ3v) is 3.88. The van der Waals surface area contributed by atoms with Crippen LogP contribution in [0.2, 0.25) is 0 Å². The van der Waals surface area contributed by atoms with Gasteiger partial charge in [0.1, 0.15) is 5.75 Å². The highest BCUT2D eigenvalue weighted by molar-refractivity contribution is 5.51. The maximum Gasteiger partial charge on any atom is 0.573 e. The summed E-state index contributed by atoms with van der Waals surface area (Å²) in [6, 6.07) is 13.7. The van der Waals surface area contributed by atoms with Crippen LogP contribution < -0.4 is 10.5 Å². The molecule has 2 N–H and O–H groups in total. The molecule has 0 spiro atoms. The van der Waals surface area contributed by atoms with Crippen molar-refractivity contribution in [3.05, 3.63) is 65.2 Å². The lowest BCUT2D eigenvalue weighted by molar-refractivity contribution is -0.275. The van der Waals surface area contributed by atoms with Gasteiger partial charge in [0.05, 0.1) is 5.54 Å². The molecule has 110 valence electrons. The van der Waals surface area contributed by atoms with E-state index in [-0.39, 0.29) is 5.75 Å². The number of hydrogen-bond acceptors (Lipinski definition) is 2. The highest BCUT2D eigenvalue weighted by Gasteiger charge is 2.40. The fourth-order valence-corrected chi connectivity index (χ4v) is 2.97. The number of para-hydroxylation sites is 1. The first-order chi connectivity index (χ1) is 9.90. The summed E-state index contributed by atoms with van der Waals surface area (Å²) in [4.78, 5) is 0. The number of benzene rings is 2. The van der Waals surface area contributed by atoms with Gasteiger partial charge in [0.15, 0.2) is 0 Å². The molecule has 5 heteroatoms. The summed E-state index contributed by atoms with van der Waals surface area (Å²) in [5.74, 6) is -0.232. The summed E-state index contributed by atoms with van der Waals surface area (Å²) in [6.07, 6.45) is -3.43. The molecule has 2 nitrogen and oxygen atoms in total. The quantitative estimate of drug-likeness (QED) is 0.915. The van der Waals surface area contributed by atoms with Crippen LogP contribution >= 0.6 is 0 Å². The van der Waals surface area contributed by atoms with E-state index in [4.69, 9.17) is 5.73 Å². The maximum atomic E-state index is 12.6. The molecular weight excluding hydrogens is 279 g/mol. The van der Waals surface area contributed by atoms with Gasteiger partial charge in [-0.25, -0.2) is 0 Å². The van der Waals surface area contributed by atoms with Crippen LogP contribution in [0.25, 0.3) is 0 Å². The lowest BCUT2D eigenvalue weighted by atomic mass is 9.84. The van der Waals surface area contributed by atoms with Gasteiger partial charge in [-0.05, 0) is 30.0 Å². The van der Waals surface area contributed by atoms with Crippen molar-refractivity contribution in [2.75, 3.05) is 0 Å². The molecule has 0 saturated carbocycles. The van der Waals surface area contributed by atoms with Gasteiger partial charge in [0.25, 0.3) is 0 Å². The molecule has 2 aromatic rings. The molecule has 1 unspecified atom stereocenters. The minimum absolute atomic E-state index is 0.232. The van der Waals surface area contributed by atoms with E-state index in [9.17, 15) is 13.2 Å². The van der Waals surface area contributed by atoms with Crippen molar-refractivity contribution in [1.82, 2.24) is 0 Å². The SMILES string of the molecule is NC1(c2ccccc2OC(F)(F)F)CCc2ccccc21. The summed E-state index contributed by atoms with van der Waals surface area (Å²) >= 11 is 0. The van der Waals surface area contributed by atoms with E-state index in [0.717, 1.165) is 17.5 Å². The van der Waals surface area contributed by atoms with E-state index in [1.165, 1.54) is 12.1 Å². The highest BCUT2D eigenvalue weighted by atomic mass is 19.4. The molecule has 1 atom stereocenters. The standard InChI is InChI=1S/C16H14F3NO/c17-16(18,19)21-14-8-4-3-7-13(14)15(20)10-9-11-5-1-2-6-12(11)15/h1-8H,9-10,20H2. The molecule has 3 rings (SSSR count). The Kier molecular flexibility index (Phi) is 3.17. The summed E-state index contributed by atoms with van der Waals surface area (Å²) < 4.78 is 41.8. The average molecular weight is 293 g/mol. The molecule has 0 saturated heterocycles. The Hall–Kier alpha value is -2.01. The summed E-state index contributed by atoms with van der Waals surface area (Å²) in [7, 11) is 0. The van der Waals surface area contributed by atoms with Crippen LogP contribution in [0, 0.1) is 0 Å². The van der Waals surface area contributed by atoms with Crippen molar-refractivity contribution < 1.29 is 17.9 Å². The van der Waals surface area contributed by atoms with E-state index in [1.807, 2.05) is 24.3 Å². The normalized spacial score (nSPS) is 21.1. The fraction of sp³-hybridized carbons (Fsp3) is 0.250. The van der Waals surface area contributed by atoms with Gasteiger partial charge >= 0.3 is 6.36 Å². The maximum absolute atomic E-state index is 12.6. The molecule has 0 radical (unpaired) electrons. The first kappa shape index (κ1) is 13.9. The van der Waals surface area contributed by atoms with Gasteiger partial charge in [-0.3, -0.25) is 0 Å². The lowest BCUT2D eigenvalue weighted by Crippen LogP contribution is -2.36. The van der Waals surface area contributed by atoms with Gasteiger partial charge in [0.2, 0.25) is 0 Å². The number of ether oxygens (including phenoxy) is 1. The third-order valence-electron chi connectivity index (χ3n) is 3.88. The molecule has 0 amide bonds. The summed E-state index contributed by atoms with van der Waals surface area (Å²) in [5, 5.41) is 0. The Morgan fingerprint density at radius 2 is 1.57 bits per heavy atom. The summed E-state index contributed by atoms with van der Waals surface area (Å²) in [6.45, 7) is 0. The second-order valence-electron chi connectivity index (χ2n) is 5.17. The zero-order valence-corrected chi connectivity index (χ0v) is 11.2. The first-order valence-electron chi connectivity index (χ1n) is 6.63. The zero-order valence-electron chi connectivity index (χ0n) is 11.2. The lowest BCUT2D eigenvalue weighted by Gasteiger charge is -2.28. The Morgan fingerprint density at radius 1 is 0.952 bits per heavy atom. The molecular formula is C16H14F3NO. The minimum atomic E-state index is -4.73. The summed E-state index contributed by atoms with van der Waals surface area (Å²) in [5.41, 5.74) is 7.82. The number of aryl methyl sites for hydroxylation is 1. The molecule has 0 bridgehead atoms. The van der Waals surface area contributed by atoms with Crippen LogP contribution in [0.1, 0.15) is 23.1 Å². The van der Waals surface area contributed by atoms with Crippen molar-refractivity contribution in [1.29, 1.82) is 0 Å². The largest absolute Gasteiger partial charge is 0.573 e. The fourth-order valence-electron chi connectivity index (χ4n) is 2.97. The number of alkyl halides is 3. The number of hydrogen-bond donors (Lipinski definition) is 1. The van der Waals surface area contributed by atoms with Gasteiger partial charge in [-0.1, -0.05) is 42.5 Å². The molecule has 0 aromatic heterocycles. The van der Waals surface area contributed by atoms with E-state index < -0.39 is 11.9 Å². The van der Waals surface area contributed by atoms with Gasteiger partial charge < -0.3 is 10.5 Å². The van der Waals surface area contributed by atoms with Crippen molar-refractivity contribution in [2.24, 2.45) is 5.73 Å². The molecule has 2 aromatic carbocycles. The predicted molar refractivity (Wildman–Crippen MR) is 72.9 cm³/mol. The van der Waals surface area contributed by atoms with Crippen LogP contribution in [0.3, 0.4) is 0 Å². The minimum Gasteiger partial charge on any atom is -0.405 e. The number of fused-ring (bicyclic) bond motifs is 1. The smallest absolute Gasteiger partial charge is 0.405 e. The van der Waals surface area contributed by atoms with Crippen LogP contribution in [0.4, 0.5) is 13.2 Å². The van der Waals surface area contributed by atoms with Crippen LogP contribution in [0.15, 0.2) is 48.5 Å². The number of rotatable bonds is 2. The Balaban J connectivity index is 2.09. The number of nitrogens with two attached hydrogens (primary N) is 1. The molecule has 21 heavy (non-hydrogen) atoms.